The third-order valence-electron chi connectivity index (χ3n) is 2.90. The second-order valence-corrected chi connectivity index (χ2v) is 4.00. The van der Waals surface area contributed by atoms with E-state index in [0.717, 1.165) is 22.2 Å². The smallest absolute Gasteiger partial charge is 0.166 e. The number of Topliss-reactive ketones (excluding diaryl/α,β-unsaturated/α-hetero) is 1. The van der Waals surface area contributed by atoms with Gasteiger partial charge in [0.1, 0.15) is 5.75 Å². The van der Waals surface area contributed by atoms with Crippen LogP contribution < -0.4 is 10.5 Å². The summed E-state index contributed by atoms with van der Waals surface area (Å²) in [6.45, 7) is 2.35. The van der Waals surface area contributed by atoms with Crippen molar-refractivity contribution in [2.45, 2.75) is 13.3 Å². The number of nitrogens with one attached hydrogen (secondary N) is 1. The highest BCUT2D eigenvalue weighted by Gasteiger charge is 2.15. The Hall–Kier alpha value is -1.81. The maximum absolute atomic E-state index is 11.9. The molecule has 0 unspecified atom stereocenters. The highest BCUT2D eigenvalue weighted by molar-refractivity contribution is 6.10. The van der Waals surface area contributed by atoms with Crippen molar-refractivity contribution in [1.29, 1.82) is 0 Å². The zero-order chi connectivity index (χ0) is 12.4. The van der Waals surface area contributed by atoms with Gasteiger partial charge in [-0.15, -0.1) is 0 Å². The number of carbonyl (C=O) groups excluding carboxylic acids is 1. The van der Waals surface area contributed by atoms with Crippen LogP contribution in [0.25, 0.3) is 10.9 Å². The van der Waals surface area contributed by atoms with E-state index < -0.39 is 0 Å². The van der Waals surface area contributed by atoms with Crippen LogP contribution in [0, 0.1) is 6.92 Å². The van der Waals surface area contributed by atoms with Gasteiger partial charge in [0, 0.05) is 23.6 Å². The fraction of sp³-hybridized carbons (Fsp3) is 0.308. The summed E-state index contributed by atoms with van der Waals surface area (Å²) in [7, 11) is 1.62. The van der Waals surface area contributed by atoms with Gasteiger partial charge in [0.15, 0.2) is 5.78 Å². The van der Waals surface area contributed by atoms with Crippen LogP contribution in [0.5, 0.6) is 5.75 Å². The first-order valence-electron chi connectivity index (χ1n) is 5.57. The van der Waals surface area contributed by atoms with Crippen LogP contribution in [0.3, 0.4) is 0 Å². The van der Waals surface area contributed by atoms with E-state index in [4.69, 9.17) is 10.5 Å². The Morgan fingerprint density at radius 2 is 2.24 bits per heavy atom. The number of aromatic nitrogens is 1. The van der Waals surface area contributed by atoms with Crippen molar-refractivity contribution < 1.29 is 9.53 Å². The molecule has 0 aliphatic heterocycles. The summed E-state index contributed by atoms with van der Waals surface area (Å²) in [5.74, 6) is 0.813. The lowest BCUT2D eigenvalue weighted by molar-refractivity contribution is 0.0987. The molecule has 1 aromatic heterocycles. The molecule has 0 spiro atoms. The average Bonchev–Trinajstić information content (AvgIpc) is 2.75. The Kier molecular flexibility index (Phi) is 3.15. The van der Waals surface area contributed by atoms with Gasteiger partial charge < -0.3 is 15.5 Å². The second-order valence-electron chi connectivity index (χ2n) is 4.00. The molecule has 4 nitrogen and oxygen atoms in total. The van der Waals surface area contributed by atoms with Gasteiger partial charge in [-0.1, -0.05) is 6.07 Å². The molecule has 4 heteroatoms. The average molecular weight is 232 g/mol. The number of ether oxygens (including phenoxy) is 1. The van der Waals surface area contributed by atoms with Crippen LogP contribution >= 0.6 is 0 Å². The second kappa shape index (κ2) is 4.59. The van der Waals surface area contributed by atoms with E-state index in [1.54, 1.807) is 13.3 Å². The van der Waals surface area contributed by atoms with Gasteiger partial charge in [-0.3, -0.25) is 4.79 Å². The third-order valence-corrected chi connectivity index (χ3v) is 2.90. The van der Waals surface area contributed by atoms with E-state index in [1.807, 2.05) is 19.1 Å². The number of hydrogen-bond acceptors (Lipinski definition) is 3. The minimum Gasteiger partial charge on any atom is -0.495 e. The predicted molar refractivity (Wildman–Crippen MR) is 67.6 cm³/mol. The van der Waals surface area contributed by atoms with E-state index in [1.165, 1.54) is 0 Å². The Bertz CT molecular complexity index is 558. The molecule has 1 aromatic carbocycles. The molecule has 0 saturated heterocycles. The number of nitrogens with two attached hydrogens (primary N) is 1. The standard InChI is InChI=1S/C13H16N2O2/c1-8-3-4-11(17-2)13-12(8)9(7-15-13)10(16)5-6-14/h3-4,7,15H,5-6,14H2,1-2H3. The first-order chi connectivity index (χ1) is 8.19. The molecule has 1 heterocycles. The van der Waals surface area contributed by atoms with E-state index in [-0.39, 0.29) is 5.78 Å². The molecule has 17 heavy (non-hydrogen) atoms. The van der Waals surface area contributed by atoms with E-state index in [9.17, 15) is 4.79 Å². The maximum Gasteiger partial charge on any atom is 0.166 e. The molecule has 0 atom stereocenters. The topological polar surface area (TPSA) is 68.1 Å². The monoisotopic (exact) mass is 232 g/mol. The molecule has 0 aliphatic rings. The Morgan fingerprint density at radius 3 is 2.88 bits per heavy atom. The van der Waals surface area contributed by atoms with E-state index >= 15 is 0 Å². The van der Waals surface area contributed by atoms with Crippen LogP contribution in [0.4, 0.5) is 0 Å². The fourth-order valence-electron chi connectivity index (χ4n) is 2.05. The molecule has 0 radical (unpaired) electrons. The van der Waals surface area contributed by atoms with Gasteiger partial charge in [-0.05, 0) is 25.1 Å². The molecule has 2 rings (SSSR count). The van der Waals surface area contributed by atoms with E-state index in [2.05, 4.69) is 4.98 Å². The number of ketones is 1. The molecule has 0 saturated carbocycles. The van der Waals surface area contributed by atoms with Crippen LogP contribution in [0.1, 0.15) is 22.3 Å². The number of hydrogen-bond donors (Lipinski definition) is 2. The number of fused-ring (bicyclic) bond motifs is 1. The molecule has 3 N–H and O–H groups in total. The normalized spacial score (nSPS) is 10.8. The van der Waals surface area contributed by atoms with Crippen molar-refractivity contribution in [3.63, 3.8) is 0 Å². The van der Waals surface area contributed by atoms with E-state index in [0.29, 0.717) is 18.5 Å². The van der Waals surface area contributed by atoms with Crippen molar-refractivity contribution in [1.82, 2.24) is 4.98 Å². The molecule has 0 amide bonds. The first kappa shape index (κ1) is 11.7. The summed E-state index contributed by atoms with van der Waals surface area (Å²) in [6.07, 6.45) is 2.10. The lowest BCUT2D eigenvalue weighted by Crippen LogP contribution is -2.07. The van der Waals surface area contributed by atoms with Crippen LogP contribution in [-0.2, 0) is 0 Å². The van der Waals surface area contributed by atoms with Gasteiger partial charge in [-0.25, -0.2) is 0 Å². The van der Waals surface area contributed by atoms with Crippen molar-refractivity contribution in [2.75, 3.05) is 13.7 Å². The van der Waals surface area contributed by atoms with Crippen LogP contribution in [-0.4, -0.2) is 24.4 Å². The molecule has 90 valence electrons. The number of H-pyrrole nitrogens is 1. The molecule has 0 bridgehead atoms. The number of methoxy groups -OCH3 is 1. The number of aryl methyl sites for hydroxylation is 1. The fourth-order valence-corrected chi connectivity index (χ4v) is 2.05. The zero-order valence-corrected chi connectivity index (χ0v) is 10.0. The largest absolute Gasteiger partial charge is 0.495 e. The molecular weight excluding hydrogens is 216 g/mol. The molecule has 2 aromatic rings. The number of carbonyl (C=O) groups is 1. The van der Waals surface area contributed by atoms with Crippen molar-refractivity contribution in [2.24, 2.45) is 5.73 Å². The Balaban J connectivity index is 2.63. The number of rotatable bonds is 4. The SMILES string of the molecule is COc1ccc(C)c2c(C(=O)CCN)c[nH]c12. The van der Waals surface area contributed by atoms with Crippen molar-refractivity contribution in [3.8, 4) is 5.75 Å². The van der Waals surface area contributed by atoms with Gasteiger partial charge >= 0.3 is 0 Å². The van der Waals surface area contributed by atoms with Gasteiger partial charge in [-0.2, -0.15) is 0 Å². The molecular formula is C13H16N2O2. The third kappa shape index (κ3) is 1.91. The first-order valence-corrected chi connectivity index (χ1v) is 5.57. The lowest BCUT2D eigenvalue weighted by atomic mass is 10.0. The number of benzene rings is 1. The highest BCUT2D eigenvalue weighted by Crippen LogP contribution is 2.30. The Labute approximate surface area is 99.8 Å². The summed E-state index contributed by atoms with van der Waals surface area (Å²) < 4.78 is 5.27. The number of aromatic amines is 1. The summed E-state index contributed by atoms with van der Waals surface area (Å²) in [5, 5.41) is 0.933. The minimum atomic E-state index is 0.0649. The zero-order valence-electron chi connectivity index (χ0n) is 10.0. The molecule has 0 aliphatic carbocycles. The van der Waals surface area contributed by atoms with Gasteiger partial charge in [0.2, 0.25) is 0 Å². The van der Waals surface area contributed by atoms with Crippen LogP contribution in [0.2, 0.25) is 0 Å². The Morgan fingerprint density at radius 1 is 1.47 bits per heavy atom. The predicted octanol–water partition coefficient (Wildman–Crippen LogP) is 2.02. The summed E-state index contributed by atoms with van der Waals surface area (Å²) in [5.41, 5.74) is 8.04. The lowest BCUT2D eigenvalue weighted by Gasteiger charge is -2.05. The van der Waals surface area contributed by atoms with Gasteiger partial charge in [0.25, 0.3) is 0 Å². The highest BCUT2D eigenvalue weighted by atomic mass is 16.5. The van der Waals surface area contributed by atoms with Crippen molar-refractivity contribution in [3.05, 3.63) is 29.5 Å². The van der Waals surface area contributed by atoms with Crippen LogP contribution in [0.15, 0.2) is 18.3 Å². The van der Waals surface area contributed by atoms with Gasteiger partial charge in [0.05, 0.1) is 12.6 Å². The quantitative estimate of drug-likeness (QED) is 0.792. The summed E-state index contributed by atoms with van der Waals surface area (Å²) in [6, 6.07) is 3.85. The summed E-state index contributed by atoms with van der Waals surface area (Å²) in [4.78, 5) is 15.0. The summed E-state index contributed by atoms with van der Waals surface area (Å²) >= 11 is 0. The minimum absolute atomic E-state index is 0.0649. The van der Waals surface area contributed by atoms with Crippen molar-refractivity contribution >= 4 is 16.7 Å². The molecule has 0 fully saturated rings. The maximum atomic E-state index is 11.9.